The van der Waals surface area contributed by atoms with Crippen molar-refractivity contribution in [1.82, 2.24) is 5.32 Å². The average Bonchev–Trinajstić information content (AvgIpc) is 2.55. The maximum Gasteiger partial charge on any atom is 0.228 e. The predicted octanol–water partition coefficient (Wildman–Crippen LogP) is 2.47. The molecule has 1 heterocycles. The Balaban J connectivity index is 1.64. The van der Waals surface area contributed by atoms with E-state index in [4.69, 9.17) is 0 Å². The first-order valence-electron chi connectivity index (χ1n) is 7.44. The van der Waals surface area contributed by atoms with Crippen LogP contribution in [0, 0.1) is 0 Å². The highest BCUT2D eigenvalue weighted by Gasteiger charge is 2.29. The smallest absolute Gasteiger partial charge is 0.228 e. The van der Waals surface area contributed by atoms with Gasteiger partial charge in [0.2, 0.25) is 11.8 Å². The fraction of sp³-hybridized carbons (Fsp3) is 0.222. The highest BCUT2D eigenvalue weighted by Crippen LogP contribution is 2.31. The second-order valence-electron chi connectivity index (χ2n) is 5.42. The number of carbonyl (C=O) groups is 2. The van der Waals surface area contributed by atoms with Crippen molar-refractivity contribution >= 4 is 17.5 Å². The number of amides is 2. The van der Waals surface area contributed by atoms with Gasteiger partial charge in [-0.25, -0.2) is 0 Å². The molecule has 0 aliphatic carbocycles. The van der Waals surface area contributed by atoms with Gasteiger partial charge in [0.25, 0.3) is 0 Å². The zero-order valence-electron chi connectivity index (χ0n) is 12.2. The number of rotatable bonds is 4. The Morgan fingerprint density at radius 2 is 1.82 bits per heavy atom. The van der Waals surface area contributed by atoms with Crippen LogP contribution in [-0.4, -0.2) is 18.4 Å². The molecule has 0 aromatic heterocycles. The number of hydrogen-bond acceptors (Lipinski definition) is 2. The molecular weight excluding hydrogens is 276 g/mol. The van der Waals surface area contributed by atoms with Gasteiger partial charge >= 0.3 is 0 Å². The summed E-state index contributed by atoms with van der Waals surface area (Å²) in [7, 11) is 0. The van der Waals surface area contributed by atoms with Crippen molar-refractivity contribution in [1.29, 1.82) is 0 Å². The second-order valence-corrected chi connectivity index (χ2v) is 5.42. The molecule has 1 aliphatic rings. The molecule has 2 aromatic carbocycles. The van der Waals surface area contributed by atoms with Gasteiger partial charge in [0.15, 0.2) is 0 Å². The summed E-state index contributed by atoms with van der Waals surface area (Å²) in [5.74, 6) is -0.596. The molecule has 1 aliphatic heterocycles. The Labute approximate surface area is 129 Å². The first-order chi connectivity index (χ1) is 10.7. The van der Waals surface area contributed by atoms with Crippen LogP contribution >= 0.6 is 0 Å². The van der Waals surface area contributed by atoms with Crippen LogP contribution in [0.4, 0.5) is 5.69 Å². The molecule has 2 aromatic rings. The Bertz CT molecular complexity index is 682. The number of hydrogen-bond donors (Lipinski definition) is 2. The zero-order chi connectivity index (χ0) is 15.4. The summed E-state index contributed by atoms with van der Waals surface area (Å²) in [5.41, 5.74) is 2.81. The fourth-order valence-electron chi connectivity index (χ4n) is 2.74. The van der Waals surface area contributed by atoms with E-state index in [-0.39, 0.29) is 18.2 Å². The van der Waals surface area contributed by atoms with E-state index in [1.54, 1.807) is 0 Å². The third-order valence-corrected chi connectivity index (χ3v) is 3.87. The van der Waals surface area contributed by atoms with Gasteiger partial charge in [-0.15, -0.1) is 0 Å². The standard InChI is InChI=1S/C18H18N2O2/c21-17-12-15(14-8-4-5-9-16(14)20-17)18(22)19-11-10-13-6-2-1-3-7-13/h1-9,15H,10-12H2,(H,19,22)(H,20,21)/t15-/m1/s1. The summed E-state index contributed by atoms with van der Waals surface area (Å²) < 4.78 is 0. The first kappa shape index (κ1) is 14.3. The molecule has 4 heteroatoms. The number of nitrogens with one attached hydrogen (secondary N) is 2. The number of fused-ring (bicyclic) bond motifs is 1. The van der Waals surface area contributed by atoms with Crippen LogP contribution in [-0.2, 0) is 16.0 Å². The average molecular weight is 294 g/mol. The van der Waals surface area contributed by atoms with Crippen molar-refractivity contribution in [2.75, 3.05) is 11.9 Å². The van der Waals surface area contributed by atoms with Crippen LogP contribution in [0.3, 0.4) is 0 Å². The van der Waals surface area contributed by atoms with E-state index in [1.807, 2.05) is 54.6 Å². The molecule has 112 valence electrons. The number of benzene rings is 2. The van der Waals surface area contributed by atoms with Crippen LogP contribution in [0.2, 0.25) is 0 Å². The molecule has 0 radical (unpaired) electrons. The van der Waals surface area contributed by atoms with Crippen molar-refractivity contribution in [2.24, 2.45) is 0 Å². The lowest BCUT2D eigenvalue weighted by molar-refractivity contribution is -0.126. The van der Waals surface area contributed by atoms with E-state index in [0.717, 1.165) is 17.7 Å². The van der Waals surface area contributed by atoms with Crippen molar-refractivity contribution in [3.63, 3.8) is 0 Å². The van der Waals surface area contributed by atoms with E-state index in [1.165, 1.54) is 5.56 Å². The zero-order valence-corrected chi connectivity index (χ0v) is 12.2. The molecule has 0 saturated carbocycles. The maximum absolute atomic E-state index is 12.4. The van der Waals surface area contributed by atoms with E-state index >= 15 is 0 Å². The molecule has 3 rings (SSSR count). The second kappa shape index (κ2) is 6.43. The van der Waals surface area contributed by atoms with E-state index < -0.39 is 5.92 Å². The van der Waals surface area contributed by atoms with Gasteiger partial charge in [-0.1, -0.05) is 48.5 Å². The minimum Gasteiger partial charge on any atom is -0.355 e. The Morgan fingerprint density at radius 1 is 1.09 bits per heavy atom. The lowest BCUT2D eigenvalue weighted by Gasteiger charge is -2.24. The third-order valence-electron chi connectivity index (χ3n) is 3.87. The van der Waals surface area contributed by atoms with Gasteiger partial charge in [-0.05, 0) is 23.6 Å². The molecule has 2 N–H and O–H groups in total. The van der Waals surface area contributed by atoms with Crippen LogP contribution < -0.4 is 10.6 Å². The van der Waals surface area contributed by atoms with Gasteiger partial charge in [-0.2, -0.15) is 0 Å². The summed E-state index contributed by atoms with van der Waals surface area (Å²) in [6, 6.07) is 17.5. The monoisotopic (exact) mass is 294 g/mol. The Kier molecular flexibility index (Phi) is 4.19. The molecule has 0 bridgehead atoms. The van der Waals surface area contributed by atoms with Crippen molar-refractivity contribution < 1.29 is 9.59 Å². The summed E-state index contributed by atoms with van der Waals surface area (Å²) in [5, 5.41) is 5.75. The first-order valence-corrected chi connectivity index (χ1v) is 7.44. The quantitative estimate of drug-likeness (QED) is 0.910. The molecule has 22 heavy (non-hydrogen) atoms. The molecular formula is C18H18N2O2. The number of para-hydroxylation sites is 1. The van der Waals surface area contributed by atoms with Crippen LogP contribution in [0.15, 0.2) is 54.6 Å². The lowest BCUT2D eigenvalue weighted by Crippen LogP contribution is -2.35. The normalized spacial score (nSPS) is 16.5. The summed E-state index contributed by atoms with van der Waals surface area (Å²) in [4.78, 5) is 24.2. The van der Waals surface area contributed by atoms with Crippen LogP contribution in [0.5, 0.6) is 0 Å². The van der Waals surface area contributed by atoms with Gasteiger partial charge in [0.1, 0.15) is 0 Å². The van der Waals surface area contributed by atoms with Crippen LogP contribution in [0.25, 0.3) is 0 Å². The molecule has 1 atom stereocenters. The molecule has 0 unspecified atom stereocenters. The third kappa shape index (κ3) is 3.17. The highest BCUT2D eigenvalue weighted by atomic mass is 16.2. The molecule has 0 saturated heterocycles. The summed E-state index contributed by atoms with van der Waals surface area (Å²) in [6.07, 6.45) is 0.987. The molecule has 4 nitrogen and oxygen atoms in total. The largest absolute Gasteiger partial charge is 0.355 e. The van der Waals surface area contributed by atoms with Crippen molar-refractivity contribution in [3.8, 4) is 0 Å². The van der Waals surface area contributed by atoms with Crippen LogP contribution in [0.1, 0.15) is 23.5 Å². The van der Waals surface area contributed by atoms with E-state index in [2.05, 4.69) is 10.6 Å². The summed E-state index contributed by atoms with van der Waals surface area (Å²) >= 11 is 0. The highest BCUT2D eigenvalue weighted by molar-refractivity contribution is 6.01. The predicted molar refractivity (Wildman–Crippen MR) is 85.6 cm³/mol. The topological polar surface area (TPSA) is 58.2 Å². The van der Waals surface area contributed by atoms with E-state index in [0.29, 0.717) is 6.54 Å². The van der Waals surface area contributed by atoms with Gasteiger partial charge in [0.05, 0.1) is 5.92 Å². The maximum atomic E-state index is 12.4. The fourth-order valence-corrected chi connectivity index (χ4v) is 2.74. The number of carbonyl (C=O) groups excluding carboxylic acids is 2. The van der Waals surface area contributed by atoms with Crippen molar-refractivity contribution in [3.05, 3.63) is 65.7 Å². The van der Waals surface area contributed by atoms with E-state index in [9.17, 15) is 9.59 Å². The van der Waals surface area contributed by atoms with Gasteiger partial charge < -0.3 is 10.6 Å². The van der Waals surface area contributed by atoms with Crippen molar-refractivity contribution in [2.45, 2.75) is 18.8 Å². The minimum absolute atomic E-state index is 0.0850. The minimum atomic E-state index is -0.402. The number of anilines is 1. The lowest BCUT2D eigenvalue weighted by atomic mass is 9.90. The molecule has 0 spiro atoms. The molecule has 2 amide bonds. The SMILES string of the molecule is O=C1C[C@@H](C(=O)NCCc2ccccc2)c2ccccc2N1. The Hall–Kier alpha value is -2.62. The Morgan fingerprint density at radius 3 is 2.64 bits per heavy atom. The van der Waals surface area contributed by atoms with Gasteiger partial charge in [0, 0.05) is 18.7 Å². The summed E-state index contributed by atoms with van der Waals surface area (Å²) in [6.45, 7) is 0.573. The van der Waals surface area contributed by atoms with Gasteiger partial charge in [-0.3, -0.25) is 9.59 Å². The molecule has 0 fully saturated rings.